The van der Waals surface area contributed by atoms with Crippen LogP contribution in [0.4, 0.5) is 0 Å². The quantitative estimate of drug-likeness (QED) is 0.193. The molecule has 0 N–H and O–H groups in total. The molecular weight excluding hydrogens is 611 g/mol. The fourth-order valence-corrected chi connectivity index (χ4v) is 7.44. The molecule has 0 aliphatic rings. The number of para-hydroxylation sites is 4. The van der Waals surface area contributed by atoms with E-state index in [1.807, 2.05) is 72.8 Å². The number of hydrogen-bond acceptors (Lipinski definition) is 3. The molecule has 9 aromatic rings. The first-order chi connectivity index (χ1) is 24.7. The van der Waals surface area contributed by atoms with Gasteiger partial charge >= 0.3 is 0 Å². The Balaban J connectivity index is 1.16. The smallest absolute Gasteiger partial charge is 0.101 e. The third-order valence-electron chi connectivity index (χ3n) is 9.65. The van der Waals surface area contributed by atoms with Gasteiger partial charge < -0.3 is 9.13 Å². The van der Waals surface area contributed by atoms with Crippen molar-refractivity contribution in [1.29, 1.82) is 15.8 Å². The second kappa shape index (κ2) is 11.4. The second-order valence-corrected chi connectivity index (χ2v) is 12.3. The molecule has 5 nitrogen and oxygen atoms in total. The van der Waals surface area contributed by atoms with E-state index in [0.717, 1.165) is 66.5 Å². The third kappa shape index (κ3) is 4.31. The van der Waals surface area contributed by atoms with Crippen molar-refractivity contribution in [2.24, 2.45) is 0 Å². The van der Waals surface area contributed by atoms with Crippen LogP contribution in [0, 0.1) is 34.0 Å². The minimum Gasteiger partial charge on any atom is -0.309 e. The molecule has 0 unspecified atom stereocenters. The number of nitrogens with zero attached hydrogens (tertiary/aromatic N) is 5. The van der Waals surface area contributed by atoms with Crippen LogP contribution in [0.25, 0.3) is 77.2 Å². The van der Waals surface area contributed by atoms with Crippen molar-refractivity contribution >= 4 is 43.6 Å². The highest BCUT2D eigenvalue weighted by Gasteiger charge is 2.19. The largest absolute Gasteiger partial charge is 0.309 e. The fraction of sp³-hybridized carbons (Fsp3) is 0. The average molecular weight is 636 g/mol. The maximum absolute atomic E-state index is 10.4. The minimum atomic E-state index is 0.546. The van der Waals surface area contributed by atoms with Gasteiger partial charge in [-0.3, -0.25) is 0 Å². The lowest BCUT2D eigenvalue weighted by atomic mass is 9.94. The van der Waals surface area contributed by atoms with Gasteiger partial charge in [-0.05, 0) is 77.4 Å². The van der Waals surface area contributed by atoms with E-state index in [2.05, 4.69) is 106 Å². The maximum Gasteiger partial charge on any atom is 0.101 e. The van der Waals surface area contributed by atoms with Crippen LogP contribution in [-0.4, -0.2) is 9.13 Å². The standard InChI is InChI=1S/C45H25N5/c46-26-29-16-23-44-40(24-29)39-12-7-8-32(27-47)45(39)50(44)41-13-4-1-9-36(41)31-19-22-35(33(25-31)28-48)30-17-20-34(21-18-30)49-42-14-5-2-10-37(42)38-11-3-6-15-43(38)49/h1-25H. The third-order valence-corrected chi connectivity index (χ3v) is 9.65. The molecule has 2 aromatic heterocycles. The van der Waals surface area contributed by atoms with Crippen molar-refractivity contribution < 1.29 is 0 Å². The molecule has 0 fully saturated rings. The highest BCUT2D eigenvalue weighted by atomic mass is 15.0. The first kappa shape index (κ1) is 28.8. The summed E-state index contributed by atoms with van der Waals surface area (Å²) in [5, 5.41) is 34.4. The van der Waals surface area contributed by atoms with Gasteiger partial charge in [0.05, 0.1) is 56.6 Å². The van der Waals surface area contributed by atoms with Gasteiger partial charge in [-0.1, -0.05) is 91.0 Å². The van der Waals surface area contributed by atoms with Gasteiger partial charge in [-0.15, -0.1) is 0 Å². The predicted octanol–water partition coefficient (Wildman–Crippen LogP) is 10.8. The van der Waals surface area contributed by atoms with Crippen LogP contribution in [0.5, 0.6) is 0 Å². The van der Waals surface area contributed by atoms with Gasteiger partial charge in [0.2, 0.25) is 0 Å². The molecule has 0 radical (unpaired) electrons. The lowest BCUT2D eigenvalue weighted by Crippen LogP contribution is -1.99. The highest BCUT2D eigenvalue weighted by Crippen LogP contribution is 2.39. The number of fused-ring (bicyclic) bond motifs is 6. The molecule has 0 aliphatic carbocycles. The van der Waals surface area contributed by atoms with E-state index < -0.39 is 0 Å². The summed E-state index contributed by atoms with van der Waals surface area (Å²) in [4.78, 5) is 0. The summed E-state index contributed by atoms with van der Waals surface area (Å²) in [7, 11) is 0. The summed E-state index contributed by atoms with van der Waals surface area (Å²) in [5.41, 5.74) is 11.2. The molecule has 2 heterocycles. The highest BCUT2D eigenvalue weighted by molar-refractivity contribution is 6.12. The van der Waals surface area contributed by atoms with Crippen LogP contribution < -0.4 is 0 Å². The number of hydrogen-bond donors (Lipinski definition) is 0. The Bertz CT molecular complexity index is 2900. The molecule has 7 aromatic carbocycles. The summed E-state index contributed by atoms with van der Waals surface area (Å²) < 4.78 is 4.39. The molecule has 0 aliphatic heterocycles. The molecular formula is C45H25N5. The molecule has 9 rings (SSSR count). The van der Waals surface area contributed by atoms with E-state index in [4.69, 9.17) is 0 Å². The van der Waals surface area contributed by atoms with Crippen LogP contribution >= 0.6 is 0 Å². The zero-order chi connectivity index (χ0) is 33.8. The minimum absolute atomic E-state index is 0.546. The van der Waals surface area contributed by atoms with Crippen LogP contribution in [0.2, 0.25) is 0 Å². The van der Waals surface area contributed by atoms with E-state index in [0.29, 0.717) is 16.7 Å². The number of nitriles is 3. The molecule has 0 bridgehead atoms. The van der Waals surface area contributed by atoms with E-state index in [-0.39, 0.29) is 0 Å². The molecule has 50 heavy (non-hydrogen) atoms. The van der Waals surface area contributed by atoms with Crippen molar-refractivity contribution in [2.45, 2.75) is 0 Å². The van der Waals surface area contributed by atoms with Gasteiger partial charge in [-0.25, -0.2) is 0 Å². The van der Waals surface area contributed by atoms with E-state index in [1.54, 1.807) is 0 Å². The van der Waals surface area contributed by atoms with Gasteiger partial charge in [0.15, 0.2) is 0 Å². The van der Waals surface area contributed by atoms with Crippen molar-refractivity contribution in [2.75, 3.05) is 0 Å². The average Bonchev–Trinajstić information content (AvgIpc) is 3.70. The van der Waals surface area contributed by atoms with Gasteiger partial charge in [-0.2, -0.15) is 15.8 Å². The Kier molecular flexibility index (Phi) is 6.56. The first-order valence-corrected chi connectivity index (χ1v) is 16.3. The van der Waals surface area contributed by atoms with Crippen molar-refractivity contribution in [3.63, 3.8) is 0 Å². The topological polar surface area (TPSA) is 81.2 Å². The van der Waals surface area contributed by atoms with Crippen LogP contribution in [0.3, 0.4) is 0 Å². The zero-order valence-corrected chi connectivity index (χ0v) is 26.7. The molecule has 0 saturated heterocycles. The normalized spacial score (nSPS) is 11.1. The van der Waals surface area contributed by atoms with Crippen molar-refractivity contribution in [3.8, 4) is 51.8 Å². The number of rotatable bonds is 4. The Labute approximate surface area is 287 Å². The summed E-state index contributed by atoms with van der Waals surface area (Å²) in [5.74, 6) is 0. The van der Waals surface area contributed by atoms with Gasteiger partial charge in [0.1, 0.15) is 6.07 Å². The Morgan fingerprint density at radius 3 is 1.76 bits per heavy atom. The lowest BCUT2D eigenvalue weighted by molar-refractivity contribution is 1.18. The molecule has 0 amide bonds. The predicted molar refractivity (Wildman–Crippen MR) is 200 cm³/mol. The summed E-state index contributed by atoms with van der Waals surface area (Å²) in [6.45, 7) is 0. The van der Waals surface area contributed by atoms with E-state index >= 15 is 0 Å². The second-order valence-electron chi connectivity index (χ2n) is 12.3. The van der Waals surface area contributed by atoms with Crippen LogP contribution in [0.15, 0.2) is 152 Å². The monoisotopic (exact) mass is 635 g/mol. The fourth-order valence-electron chi connectivity index (χ4n) is 7.44. The number of aromatic nitrogens is 2. The SMILES string of the molecule is N#Cc1ccc2c(c1)c1cccc(C#N)c1n2-c1ccccc1-c1ccc(-c2ccc(-n3c4ccccc4c4ccccc43)cc2)c(C#N)c1. The molecule has 230 valence electrons. The van der Waals surface area contributed by atoms with Crippen LogP contribution in [0.1, 0.15) is 16.7 Å². The van der Waals surface area contributed by atoms with Crippen LogP contribution in [-0.2, 0) is 0 Å². The number of benzene rings is 7. The summed E-state index contributed by atoms with van der Waals surface area (Å²) in [6.07, 6.45) is 0. The van der Waals surface area contributed by atoms with Crippen molar-refractivity contribution in [1.82, 2.24) is 9.13 Å². The Morgan fingerprint density at radius 2 is 1.04 bits per heavy atom. The summed E-state index contributed by atoms with van der Waals surface area (Å²) in [6, 6.07) is 57.8. The zero-order valence-electron chi connectivity index (χ0n) is 26.7. The maximum atomic E-state index is 10.4. The molecule has 0 atom stereocenters. The van der Waals surface area contributed by atoms with Gasteiger partial charge in [0, 0.05) is 32.8 Å². The Morgan fingerprint density at radius 1 is 0.400 bits per heavy atom. The van der Waals surface area contributed by atoms with Crippen molar-refractivity contribution in [3.05, 3.63) is 168 Å². The van der Waals surface area contributed by atoms with E-state index in [9.17, 15) is 15.8 Å². The molecule has 5 heteroatoms. The lowest BCUT2D eigenvalue weighted by Gasteiger charge is -2.16. The first-order valence-electron chi connectivity index (χ1n) is 16.3. The summed E-state index contributed by atoms with van der Waals surface area (Å²) >= 11 is 0. The van der Waals surface area contributed by atoms with Gasteiger partial charge in [0.25, 0.3) is 0 Å². The molecule has 0 saturated carbocycles. The van der Waals surface area contributed by atoms with E-state index in [1.165, 1.54) is 10.8 Å². The molecule has 0 spiro atoms. The Hall–Kier alpha value is -7.39.